The van der Waals surface area contributed by atoms with Crippen LogP contribution in [0.5, 0.6) is 0 Å². The van der Waals surface area contributed by atoms with Gasteiger partial charge in [0.05, 0.1) is 6.04 Å². The van der Waals surface area contributed by atoms with Crippen molar-refractivity contribution in [1.29, 1.82) is 0 Å². The van der Waals surface area contributed by atoms with Crippen molar-refractivity contribution in [2.75, 3.05) is 5.75 Å². The maximum atomic E-state index is 12.7. The minimum atomic E-state index is -1.26. The number of para-hydroxylation sites is 1. The van der Waals surface area contributed by atoms with Crippen LogP contribution < -0.4 is 16.4 Å². The van der Waals surface area contributed by atoms with Crippen molar-refractivity contribution in [2.45, 2.75) is 37.4 Å². The molecule has 30 heavy (non-hydrogen) atoms. The second-order valence-corrected chi connectivity index (χ2v) is 7.11. The minimum Gasteiger partial charge on any atom is -0.481 e. The Hall–Kier alpha value is -3.05. The van der Waals surface area contributed by atoms with Crippen molar-refractivity contribution in [3.63, 3.8) is 0 Å². The van der Waals surface area contributed by atoms with Gasteiger partial charge in [-0.25, -0.2) is 4.79 Å². The summed E-state index contributed by atoms with van der Waals surface area (Å²) in [5.41, 5.74) is 7.32. The molecule has 10 nitrogen and oxygen atoms in total. The molecule has 0 aliphatic rings. The lowest BCUT2D eigenvalue weighted by Gasteiger charge is -2.22. The fourth-order valence-electron chi connectivity index (χ4n) is 2.88. The van der Waals surface area contributed by atoms with Crippen molar-refractivity contribution < 1.29 is 29.4 Å². The number of thiol groups is 1. The first-order valence-electron chi connectivity index (χ1n) is 9.19. The zero-order valence-corrected chi connectivity index (χ0v) is 16.9. The van der Waals surface area contributed by atoms with Crippen LogP contribution in [0.2, 0.25) is 0 Å². The van der Waals surface area contributed by atoms with Gasteiger partial charge in [0.25, 0.3) is 0 Å². The van der Waals surface area contributed by atoms with Gasteiger partial charge in [0.15, 0.2) is 0 Å². The number of rotatable bonds is 11. The Morgan fingerprint density at radius 3 is 2.37 bits per heavy atom. The summed E-state index contributed by atoms with van der Waals surface area (Å²) in [6.07, 6.45) is 1.38. The smallest absolute Gasteiger partial charge is 0.327 e. The van der Waals surface area contributed by atoms with Crippen LogP contribution in [0.25, 0.3) is 10.9 Å². The fourth-order valence-corrected chi connectivity index (χ4v) is 3.12. The third-order valence-corrected chi connectivity index (χ3v) is 4.90. The van der Waals surface area contributed by atoms with Gasteiger partial charge in [-0.2, -0.15) is 12.6 Å². The van der Waals surface area contributed by atoms with Gasteiger partial charge in [-0.05, 0) is 18.1 Å². The second kappa shape index (κ2) is 10.6. The molecule has 0 saturated carbocycles. The molecule has 7 N–H and O–H groups in total. The summed E-state index contributed by atoms with van der Waals surface area (Å²) >= 11 is 3.92. The number of aromatic nitrogens is 1. The molecule has 2 aromatic rings. The summed E-state index contributed by atoms with van der Waals surface area (Å²) < 4.78 is 0. The average Bonchev–Trinajstić information content (AvgIpc) is 3.12. The van der Waals surface area contributed by atoms with Crippen molar-refractivity contribution in [3.8, 4) is 0 Å². The lowest BCUT2D eigenvalue weighted by molar-refractivity contribution is -0.141. The summed E-state index contributed by atoms with van der Waals surface area (Å²) in [7, 11) is 0. The van der Waals surface area contributed by atoms with Crippen LogP contribution in [0.3, 0.4) is 0 Å². The molecule has 2 amide bonds. The first-order valence-corrected chi connectivity index (χ1v) is 9.83. The maximum absolute atomic E-state index is 12.7. The Morgan fingerprint density at radius 2 is 1.73 bits per heavy atom. The molecule has 0 spiro atoms. The highest BCUT2D eigenvalue weighted by Crippen LogP contribution is 2.19. The molecule has 1 aromatic heterocycles. The Morgan fingerprint density at radius 1 is 1.07 bits per heavy atom. The number of hydrogen-bond donors (Lipinski definition) is 7. The molecular weight excluding hydrogens is 412 g/mol. The molecular formula is C19H24N4O6S. The van der Waals surface area contributed by atoms with Gasteiger partial charge in [-0.1, -0.05) is 18.2 Å². The number of fused-ring (bicyclic) bond motifs is 1. The summed E-state index contributed by atoms with van der Waals surface area (Å²) in [5, 5.41) is 23.6. The number of carboxylic acid groups (broad SMARTS) is 2. The molecule has 3 atom stereocenters. The molecule has 1 heterocycles. The van der Waals surface area contributed by atoms with Crippen LogP contribution in [0.4, 0.5) is 0 Å². The predicted molar refractivity (Wildman–Crippen MR) is 112 cm³/mol. The van der Waals surface area contributed by atoms with Gasteiger partial charge < -0.3 is 31.6 Å². The van der Waals surface area contributed by atoms with E-state index in [1.807, 2.05) is 24.3 Å². The lowest BCUT2D eigenvalue weighted by atomic mass is 10.0. The number of nitrogens with two attached hydrogens (primary N) is 1. The van der Waals surface area contributed by atoms with Crippen LogP contribution in [-0.4, -0.2) is 62.8 Å². The van der Waals surface area contributed by atoms with Gasteiger partial charge in [0.2, 0.25) is 11.8 Å². The van der Waals surface area contributed by atoms with Gasteiger partial charge in [-0.3, -0.25) is 14.4 Å². The Balaban J connectivity index is 2.20. The van der Waals surface area contributed by atoms with E-state index in [-0.39, 0.29) is 25.0 Å². The van der Waals surface area contributed by atoms with Crippen molar-refractivity contribution in [2.24, 2.45) is 5.73 Å². The summed E-state index contributed by atoms with van der Waals surface area (Å²) in [5.74, 6) is -3.89. The molecule has 2 rings (SSSR count). The molecule has 0 bridgehead atoms. The van der Waals surface area contributed by atoms with Crippen molar-refractivity contribution >= 4 is 47.3 Å². The number of carbonyl (C=O) groups is 4. The van der Waals surface area contributed by atoms with E-state index in [1.54, 1.807) is 6.20 Å². The third kappa shape index (κ3) is 6.22. The standard InChI is InChI=1S/C19H24N4O6S/c20-12(5-6-16(24)25)17(26)22-14(18(27)23-15(9-30)19(28)29)7-10-8-21-13-4-2-1-3-11(10)13/h1-4,8,12,14-15,21,30H,5-7,9,20H2,(H,22,26)(H,23,27)(H,24,25)(H,28,29)/t12-,14-,15-/m0/s1. The van der Waals surface area contributed by atoms with Crippen LogP contribution in [0.15, 0.2) is 30.5 Å². The topological polar surface area (TPSA) is 175 Å². The third-order valence-electron chi connectivity index (χ3n) is 4.54. The van der Waals surface area contributed by atoms with E-state index in [1.165, 1.54) is 0 Å². The van der Waals surface area contributed by atoms with Crippen LogP contribution in [0, 0.1) is 0 Å². The van der Waals surface area contributed by atoms with Crippen LogP contribution in [-0.2, 0) is 25.6 Å². The van der Waals surface area contributed by atoms with Crippen LogP contribution >= 0.6 is 12.6 Å². The SMILES string of the molecule is N[C@@H](CCC(=O)O)C(=O)N[C@@H](Cc1c[nH]c2ccccc12)C(=O)N[C@@H](CS)C(=O)O. The van der Waals surface area contributed by atoms with E-state index in [9.17, 15) is 19.2 Å². The number of benzene rings is 1. The molecule has 0 radical (unpaired) electrons. The highest BCUT2D eigenvalue weighted by molar-refractivity contribution is 7.80. The van der Waals surface area contributed by atoms with E-state index < -0.39 is 41.9 Å². The first kappa shape index (κ1) is 23.2. The second-order valence-electron chi connectivity index (χ2n) is 6.75. The summed E-state index contributed by atoms with van der Waals surface area (Å²) in [6, 6.07) is 3.91. The number of carboxylic acids is 2. The number of carbonyl (C=O) groups excluding carboxylic acids is 2. The first-order chi connectivity index (χ1) is 14.2. The van der Waals surface area contributed by atoms with Crippen molar-refractivity contribution in [3.05, 3.63) is 36.0 Å². The average molecular weight is 436 g/mol. The number of nitrogens with one attached hydrogen (secondary N) is 3. The molecule has 0 fully saturated rings. The number of H-pyrrole nitrogens is 1. The number of aromatic amines is 1. The fraction of sp³-hybridized carbons (Fsp3) is 0.368. The monoisotopic (exact) mass is 436 g/mol. The quantitative estimate of drug-likeness (QED) is 0.240. The highest BCUT2D eigenvalue weighted by atomic mass is 32.1. The molecule has 1 aromatic carbocycles. The zero-order chi connectivity index (χ0) is 22.3. The Bertz CT molecular complexity index is 931. The predicted octanol–water partition coefficient (Wildman–Crippen LogP) is -0.113. The van der Waals surface area contributed by atoms with Crippen molar-refractivity contribution in [1.82, 2.24) is 15.6 Å². The highest BCUT2D eigenvalue weighted by Gasteiger charge is 2.28. The molecule has 0 unspecified atom stereocenters. The summed E-state index contributed by atoms with van der Waals surface area (Å²) in [6.45, 7) is 0. The Labute approximate surface area is 177 Å². The van der Waals surface area contributed by atoms with Gasteiger partial charge in [0.1, 0.15) is 12.1 Å². The normalized spacial score (nSPS) is 13.9. The zero-order valence-electron chi connectivity index (χ0n) is 16.0. The summed E-state index contributed by atoms with van der Waals surface area (Å²) in [4.78, 5) is 50.1. The van der Waals surface area contributed by atoms with Gasteiger partial charge in [-0.15, -0.1) is 0 Å². The van der Waals surface area contributed by atoms with Crippen LogP contribution in [0.1, 0.15) is 18.4 Å². The van der Waals surface area contributed by atoms with Gasteiger partial charge >= 0.3 is 11.9 Å². The van der Waals surface area contributed by atoms with E-state index in [2.05, 4.69) is 28.2 Å². The lowest BCUT2D eigenvalue weighted by Crippen LogP contribution is -2.55. The number of amides is 2. The van der Waals surface area contributed by atoms with E-state index >= 15 is 0 Å². The number of hydrogen-bond acceptors (Lipinski definition) is 6. The molecule has 0 saturated heterocycles. The molecule has 0 aliphatic carbocycles. The Kier molecular flexibility index (Phi) is 8.25. The molecule has 11 heteroatoms. The number of aliphatic carboxylic acids is 2. The molecule has 0 aliphatic heterocycles. The van der Waals surface area contributed by atoms with E-state index in [4.69, 9.17) is 15.9 Å². The maximum Gasteiger partial charge on any atom is 0.327 e. The van der Waals surface area contributed by atoms with Gasteiger partial charge in [0, 0.05) is 35.7 Å². The largest absolute Gasteiger partial charge is 0.481 e. The van der Waals surface area contributed by atoms with E-state index in [0.29, 0.717) is 0 Å². The van der Waals surface area contributed by atoms with E-state index in [0.717, 1.165) is 16.5 Å². The minimum absolute atomic E-state index is 0.0755. The molecule has 162 valence electrons.